The second kappa shape index (κ2) is 6.00. The van der Waals surface area contributed by atoms with Crippen LogP contribution in [-0.2, 0) is 16.0 Å². The monoisotopic (exact) mass is 252 g/mol. The van der Waals surface area contributed by atoms with Gasteiger partial charge in [0.25, 0.3) is 0 Å². The summed E-state index contributed by atoms with van der Waals surface area (Å²) in [6.45, 7) is 5.22. The maximum Gasteiger partial charge on any atom is 0.220 e. The molecule has 2 heterocycles. The first-order chi connectivity index (χ1) is 8.66. The number of ether oxygens (including phenoxy) is 1. The SMILES string of the molecule is Cc1noc(C)c1CCC(=O)NC[C@H]1CCCO1. The van der Waals surface area contributed by atoms with Gasteiger partial charge in [0.15, 0.2) is 0 Å². The van der Waals surface area contributed by atoms with Crippen molar-refractivity contribution < 1.29 is 14.1 Å². The van der Waals surface area contributed by atoms with Crippen molar-refractivity contribution in [1.82, 2.24) is 10.5 Å². The molecule has 0 aliphatic carbocycles. The summed E-state index contributed by atoms with van der Waals surface area (Å²) in [5, 5.41) is 6.79. The van der Waals surface area contributed by atoms with Gasteiger partial charge < -0.3 is 14.6 Å². The van der Waals surface area contributed by atoms with Crippen LogP contribution in [0.25, 0.3) is 0 Å². The summed E-state index contributed by atoms with van der Waals surface area (Å²) in [5.41, 5.74) is 1.92. The second-order valence-corrected chi connectivity index (χ2v) is 4.74. The van der Waals surface area contributed by atoms with E-state index in [2.05, 4.69) is 10.5 Å². The minimum atomic E-state index is 0.0606. The zero-order valence-electron chi connectivity index (χ0n) is 11.0. The van der Waals surface area contributed by atoms with Crippen LogP contribution < -0.4 is 5.32 Å². The molecular weight excluding hydrogens is 232 g/mol. The van der Waals surface area contributed by atoms with Crippen LogP contribution >= 0.6 is 0 Å². The topological polar surface area (TPSA) is 64.4 Å². The normalized spacial score (nSPS) is 19.1. The molecule has 1 saturated heterocycles. The highest BCUT2D eigenvalue weighted by Gasteiger charge is 2.16. The van der Waals surface area contributed by atoms with E-state index in [-0.39, 0.29) is 12.0 Å². The largest absolute Gasteiger partial charge is 0.376 e. The van der Waals surface area contributed by atoms with Gasteiger partial charge in [-0.1, -0.05) is 5.16 Å². The lowest BCUT2D eigenvalue weighted by Gasteiger charge is -2.10. The fourth-order valence-electron chi connectivity index (χ4n) is 2.22. The van der Waals surface area contributed by atoms with Crippen LogP contribution in [0.5, 0.6) is 0 Å². The predicted octanol–water partition coefficient (Wildman–Crippen LogP) is 1.52. The Morgan fingerprint density at radius 3 is 2.94 bits per heavy atom. The molecule has 0 saturated carbocycles. The van der Waals surface area contributed by atoms with Gasteiger partial charge in [-0.15, -0.1) is 0 Å². The molecule has 1 fully saturated rings. The van der Waals surface area contributed by atoms with Crippen molar-refractivity contribution in [1.29, 1.82) is 0 Å². The van der Waals surface area contributed by atoms with Gasteiger partial charge in [-0.3, -0.25) is 4.79 Å². The van der Waals surface area contributed by atoms with Crippen molar-refractivity contribution in [2.75, 3.05) is 13.2 Å². The predicted molar refractivity (Wildman–Crippen MR) is 66.3 cm³/mol. The van der Waals surface area contributed by atoms with E-state index in [0.717, 1.165) is 36.5 Å². The Balaban J connectivity index is 1.71. The third-order valence-electron chi connectivity index (χ3n) is 3.33. The number of hydrogen-bond acceptors (Lipinski definition) is 4. The highest BCUT2D eigenvalue weighted by atomic mass is 16.5. The summed E-state index contributed by atoms with van der Waals surface area (Å²) in [4.78, 5) is 11.7. The second-order valence-electron chi connectivity index (χ2n) is 4.74. The molecule has 0 aromatic carbocycles. The highest BCUT2D eigenvalue weighted by molar-refractivity contribution is 5.76. The van der Waals surface area contributed by atoms with Crippen molar-refractivity contribution in [2.45, 2.75) is 45.6 Å². The van der Waals surface area contributed by atoms with Gasteiger partial charge in [0.1, 0.15) is 5.76 Å². The molecule has 5 nitrogen and oxygen atoms in total. The van der Waals surface area contributed by atoms with E-state index in [0.29, 0.717) is 19.4 Å². The Labute approximate surface area is 107 Å². The van der Waals surface area contributed by atoms with E-state index in [1.165, 1.54) is 0 Å². The maximum absolute atomic E-state index is 11.7. The first-order valence-electron chi connectivity index (χ1n) is 6.47. The summed E-state index contributed by atoms with van der Waals surface area (Å²) in [5.74, 6) is 0.866. The summed E-state index contributed by atoms with van der Waals surface area (Å²) < 4.78 is 10.5. The van der Waals surface area contributed by atoms with Crippen LogP contribution in [0.2, 0.25) is 0 Å². The molecule has 0 bridgehead atoms. The van der Waals surface area contributed by atoms with E-state index in [1.54, 1.807) is 0 Å². The lowest BCUT2D eigenvalue weighted by atomic mass is 10.1. The fourth-order valence-corrected chi connectivity index (χ4v) is 2.22. The molecular formula is C13H20N2O3. The molecule has 1 N–H and O–H groups in total. The Bertz CT molecular complexity index is 389. The zero-order valence-corrected chi connectivity index (χ0v) is 11.0. The van der Waals surface area contributed by atoms with Crippen LogP contribution in [0.3, 0.4) is 0 Å². The zero-order chi connectivity index (χ0) is 13.0. The lowest BCUT2D eigenvalue weighted by molar-refractivity contribution is -0.121. The molecule has 0 radical (unpaired) electrons. The Morgan fingerprint density at radius 1 is 1.50 bits per heavy atom. The van der Waals surface area contributed by atoms with Gasteiger partial charge in [-0.25, -0.2) is 0 Å². The van der Waals surface area contributed by atoms with Crippen LogP contribution in [0.1, 0.15) is 36.3 Å². The van der Waals surface area contributed by atoms with Crippen molar-refractivity contribution in [3.63, 3.8) is 0 Å². The van der Waals surface area contributed by atoms with Crippen molar-refractivity contribution >= 4 is 5.91 Å². The van der Waals surface area contributed by atoms with Crippen molar-refractivity contribution in [2.24, 2.45) is 0 Å². The van der Waals surface area contributed by atoms with E-state index in [4.69, 9.17) is 9.26 Å². The number of carbonyl (C=O) groups is 1. The molecule has 5 heteroatoms. The first kappa shape index (κ1) is 13.1. The minimum Gasteiger partial charge on any atom is -0.376 e. The third-order valence-corrected chi connectivity index (χ3v) is 3.33. The number of amides is 1. The van der Waals surface area contributed by atoms with E-state index < -0.39 is 0 Å². The van der Waals surface area contributed by atoms with Crippen molar-refractivity contribution in [3.05, 3.63) is 17.0 Å². The number of aromatic nitrogens is 1. The molecule has 0 spiro atoms. The number of carbonyl (C=O) groups excluding carboxylic acids is 1. The van der Waals surface area contributed by atoms with E-state index in [9.17, 15) is 4.79 Å². The summed E-state index contributed by atoms with van der Waals surface area (Å²) in [7, 11) is 0. The number of aryl methyl sites for hydroxylation is 2. The van der Waals surface area contributed by atoms with Crippen molar-refractivity contribution in [3.8, 4) is 0 Å². The molecule has 1 aliphatic heterocycles. The average molecular weight is 252 g/mol. The number of rotatable bonds is 5. The van der Waals surface area contributed by atoms with Gasteiger partial charge in [0, 0.05) is 25.1 Å². The molecule has 0 unspecified atom stereocenters. The number of nitrogens with one attached hydrogen (secondary N) is 1. The van der Waals surface area contributed by atoms with Crippen LogP contribution in [0.4, 0.5) is 0 Å². The van der Waals surface area contributed by atoms with Gasteiger partial charge in [-0.2, -0.15) is 0 Å². The minimum absolute atomic E-state index is 0.0606. The standard InChI is InChI=1S/C13H20N2O3/c1-9-12(10(2)18-15-9)5-6-13(16)14-8-11-4-3-7-17-11/h11H,3-8H2,1-2H3,(H,14,16)/t11-/m1/s1. The van der Waals surface area contributed by atoms with Gasteiger partial charge >= 0.3 is 0 Å². The maximum atomic E-state index is 11.7. The molecule has 1 amide bonds. The summed E-state index contributed by atoms with van der Waals surface area (Å²) in [6, 6.07) is 0. The average Bonchev–Trinajstić information content (AvgIpc) is 2.96. The fraction of sp³-hybridized carbons (Fsp3) is 0.692. The van der Waals surface area contributed by atoms with E-state index in [1.807, 2.05) is 13.8 Å². The quantitative estimate of drug-likeness (QED) is 0.863. The molecule has 1 aliphatic rings. The van der Waals surface area contributed by atoms with Gasteiger partial charge in [0.05, 0.1) is 11.8 Å². The first-order valence-corrected chi connectivity index (χ1v) is 6.47. The molecule has 2 rings (SSSR count). The Morgan fingerprint density at radius 2 is 2.33 bits per heavy atom. The Kier molecular flexibility index (Phi) is 4.36. The Hall–Kier alpha value is -1.36. The van der Waals surface area contributed by atoms with Crippen LogP contribution in [0, 0.1) is 13.8 Å². The van der Waals surface area contributed by atoms with Gasteiger partial charge in [-0.05, 0) is 33.1 Å². The number of nitrogens with zero attached hydrogens (tertiary/aromatic N) is 1. The summed E-state index contributed by atoms with van der Waals surface area (Å²) in [6.07, 6.45) is 3.49. The van der Waals surface area contributed by atoms with Crippen LogP contribution in [0.15, 0.2) is 4.52 Å². The summed E-state index contributed by atoms with van der Waals surface area (Å²) >= 11 is 0. The van der Waals surface area contributed by atoms with Gasteiger partial charge in [0.2, 0.25) is 5.91 Å². The van der Waals surface area contributed by atoms with E-state index >= 15 is 0 Å². The number of hydrogen-bond donors (Lipinski definition) is 1. The molecule has 1 aromatic rings. The third kappa shape index (κ3) is 3.32. The molecule has 1 aromatic heterocycles. The highest BCUT2D eigenvalue weighted by Crippen LogP contribution is 2.14. The van der Waals surface area contributed by atoms with Crippen LogP contribution in [-0.4, -0.2) is 30.3 Å². The smallest absolute Gasteiger partial charge is 0.220 e. The molecule has 18 heavy (non-hydrogen) atoms. The molecule has 100 valence electrons. The molecule has 1 atom stereocenters. The lowest BCUT2D eigenvalue weighted by Crippen LogP contribution is -2.31.